The van der Waals surface area contributed by atoms with Crippen molar-refractivity contribution in [3.63, 3.8) is 0 Å². The van der Waals surface area contributed by atoms with Gasteiger partial charge in [-0.2, -0.15) is 0 Å². The molecule has 0 saturated carbocycles. The molecule has 0 radical (unpaired) electrons. The summed E-state index contributed by atoms with van der Waals surface area (Å²) < 4.78 is 18.4. The molecule has 1 fully saturated rings. The minimum absolute atomic E-state index is 0.245. The lowest BCUT2D eigenvalue weighted by Gasteiger charge is -2.23. The molecule has 4 heteroatoms. The fourth-order valence-corrected chi connectivity index (χ4v) is 2.06. The van der Waals surface area contributed by atoms with Gasteiger partial charge in [-0.3, -0.25) is 0 Å². The smallest absolute Gasteiger partial charge is 0.124 e. The SMILES string of the molecule is Fc1ccc(NCC2CCCCO2)c(Cl)c1. The van der Waals surface area contributed by atoms with Crippen molar-refractivity contribution in [2.45, 2.75) is 25.4 Å². The molecule has 1 unspecified atom stereocenters. The van der Waals surface area contributed by atoms with E-state index in [2.05, 4.69) is 5.32 Å². The molecule has 2 rings (SSSR count). The number of hydrogen-bond acceptors (Lipinski definition) is 2. The van der Waals surface area contributed by atoms with Crippen LogP contribution in [-0.4, -0.2) is 19.3 Å². The molecule has 1 aromatic carbocycles. The maximum atomic E-state index is 12.8. The first-order valence-electron chi connectivity index (χ1n) is 5.56. The Morgan fingerprint density at radius 2 is 2.31 bits per heavy atom. The van der Waals surface area contributed by atoms with Crippen molar-refractivity contribution >= 4 is 17.3 Å². The van der Waals surface area contributed by atoms with E-state index in [1.165, 1.54) is 18.6 Å². The van der Waals surface area contributed by atoms with Gasteiger partial charge in [0.2, 0.25) is 0 Å². The number of nitrogens with one attached hydrogen (secondary N) is 1. The molecule has 1 saturated heterocycles. The van der Waals surface area contributed by atoms with Crippen molar-refractivity contribution in [2.24, 2.45) is 0 Å². The van der Waals surface area contributed by atoms with E-state index >= 15 is 0 Å². The molecular weight excluding hydrogens is 229 g/mol. The van der Waals surface area contributed by atoms with E-state index in [0.717, 1.165) is 31.7 Å². The highest BCUT2D eigenvalue weighted by Crippen LogP contribution is 2.23. The van der Waals surface area contributed by atoms with Gasteiger partial charge >= 0.3 is 0 Å². The zero-order chi connectivity index (χ0) is 11.4. The zero-order valence-corrected chi connectivity index (χ0v) is 9.77. The Balaban J connectivity index is 1.88. The standard InChI is InChI=1S/C12H15ClFNO/c13-11-7-9(14)4-5-12(11)15-8-10-3-1-2-6-16-10/h4-5,7,10,15H,1-3,6,8H2. The summed E-state index contributed by atoms with van der Waals surface area (Å²) in [4.78, 5) is 0. The van der Waals surface area contributed by atoms with E-state index in [9.17, 15) is 4.39 Å². The monoisotopic (exact) mass is 243 g/mol. The van der Waals surface area contributed by atoms with Gasteiger partial charge in [0, 0.05) is 13.2 Å². The van der Waals surface area contributed by atoms with Crippen LogP contribution >= 0.6 is 11.6 Å². The maximum Gasteiger partial charge on any atom is 0.124 e. The van der Waals surface area contributed by atoms with Gasteiger partial charge in [0.05, 0.1) is 16.8 Å². The van der Waals surface area contributed by atoms with Crippen LogP contribution in [0, 0.1) is 5.82 Å². The van der Waals surface area contributed by atoms with Crippen LogP contribution in [0.2, 0.25) is 5.02 Å². The van der Waals surface area contributed by atoms with Crippen molar-refractivity contribution in [3.8, 4) is 0 Å². The third kappa shape index (κ3) is 3.09. The quantitative estimate of drug-likeness (QED) is 0.878. The summed E-state index contributed by atoms with van der Waals surface area (Å²) >= 11 is 5.90. The van der Waals surface area contributed by atoms with Gasteiger partial charge < -0.3 is 10.1 Å². The predicted octanol–water partition coefficient (Wildman–Crippen LogP) is 3.46. The summed E-state index contributed by atoms with van der Waals surface area (Å²) in [6.07, 6.45) is 3.68. The molecule has 16 heavy (non-hydrogen) atoms. The van der Waals surface area contributed by atoms with E-state index in [1.54, 1.807) is 6.07 Å². The highest BCUT2D eigenvalue weighted by Gasteiger charge is 2.13. The minimum Gasteiger partial charge on any atom is -0.381 e. The average Bonchev–Trinajstić information content (AvgIpc) is 2.29. The Morgan fingerprint density at radius 1 is 1.44 bits per heavy atom. The Labute approximate surface area is 99.7 Å². The minimum atomic E-state index is -0.315. The average molecular weight is 244 g/mol. The summed E-state index contributed by atoms with van der Waals surface area (Å²) in [6.45, 7) is 1.56. The molecule has 0 amide bonds. The number of benzene rings is 1. The molecule has 2 nitrogen and oxygen atoms in total. The van der Waals surface area contributed by atoms with Crippen LogP contribution in [0.4, 0.5) is 10.1 Å². The molecule has 1 aliphatic rings. The maximum absolute atomic E-state index is 12.8. The number of rotatable bonds is 3. The van der Waals surface area contributed by atoms with Crippen molar-refractivity contribution < 1.29 is 9.13 Å². The highest BCUT2D eigenvalue weighted by molar-refractivity contribution is 6.33. The Morgan fingerprint density at radius 3 is 3.00 bits per heavy atom. The Kier molecular flexibility index (Phi) is 4.02. The summed E-state index contributed by atoms with van der Waals surface area (Å²) in [6, 6.07) is 4.36. The van der Waals surface area contributed by atoms with Crippen molar-refractivity contribution in [2.75, 3.05) is 18.5 Å². The summed E-state index contributed by atoms with van der Waals surface area (Å²) in [5, 5.41) is 3.60. The van der Waals surface area contributed by atoms with Gasteiger partial charge in [-0.15, -0.1) is 0 Å². The van der Waals surface area contributed by atoms with Gasteiger partial charge in [0.15, 0.2) is 0 Å². The summed E-state index contributed by atoms with van der Waals surface area (Å²) in [7, 11) is 0. The van der Waals surface area contributed by atoms with Gasteiger partial charge in [-0.1, -0.05) is 11.6 Å². The van der Waals surface area contributed by atoms with Crippen LogP contribution < -0.4 is 5.32 Å². The van der Waals surface area contributed by atoms with E-state index in [1.807, 2.05) is 0 Å². The number of hydrogen-bond donors (Lipinski definition) is 1. The Bertz CT molecular complexity index is 353. The second-order valence-corrected chi connectivity index (χ2v) is 4.40. The first-order valence-corrected chi connectivity index (χ1v) is 5.94. The van der Waals surface area contributed by atoms with Crippen LogP contribution in [0.15, 0.2) is 18.2 Å². The normalized spacial score (nSPS) is 20.8. The van der Waals surface area contributed by atoms with Crippen LogP contribution in [-0.2, 0) is 4.74 Å². The van der Waals surface area contributed by atoms with Crippen molar-refractivity contribution in [3.05, 3.63) is 29.0 Å². The van der Waals surface area contributed by atoms with Crippen LogP contribution in [0.1, 0.15) is 19.3 Å². The molecule has 0 aliphatic carbocycles. The van der Waals surface area contributed by atoms with E-state index < -0.39 is 0 Å². The van der Waals surface area contributed by atoms with E-state index in [0.29, 0.717) is 5.02 Å². The van der Waals surface area contributed by atoms with Crippen LogP contribution in [0.5, 0.6) is 0 Å². The predicted molar refractivity (Wildman–Crippen MR) is 63.5 cm³/mol. The zero-order valence-electron chi connectivity index (χ0n) is 9.01. The third-order valence-electron chi connectivity index (χ3n) is 2.73. The van der Waals surface area contributed by atoms with E-state index in [-0.39, 0.29) is 11.9 Å². The second-order valence-electron chi connectivity index (χ2n) is 3.99. The number of ether oxygens (including phenoxy) is 1. The Hall–Kier alpha value is -0.800. The molecule has 1 N–H and O–H groups in total. The molecule has 0 bridgehead atoms. The number of halogens is 2. The van der Waals surface area contributed by atoms with Gasteiger partial charge in [-0.25, -0.2) is 4.39 Å². The molecule has 1 atom stereocenters. The molecule has 0 aromatic heterocycles. The third-order valence-corrected chi connectivity index (χ3v) is 3.04. The van der Waals surface area contributed by atoms with Crippen molar-refractivity contribution in [1.82, 2.24) is 0 Å². The summed E-state index contributed by atoms with van der Waals surface area (Å²) in [5.41, 5.74) is 0.761. The van der Waals surface area contributed by atoms with Crippen LogP contribution in [0.25, 0.3) is 0 Å². The topological polar surface area (TPSA) is 21.3 Å². The fourth-order valence-electron chi connectivity index (χ4n) is 1.83. The summed E-state index contributed by atoms with van der Waals surface area (Å²) in [5.74, 6) is -0.315. The second kappa shape index (κ2) is 5.51. The van der Waals surface area contributed by atoms with Crippen molar-refractivity contribution in [1.29, 1.82) is 0 Å². The highest BCUT2D eigenvalue weighted by atomic mass is 35.5. The fraction of sp³-hybridized carbons (Fsp3) is 0.500. The lowest BCUT2D eigenvalue weighted by molar-refractivity contribution is 0.0247. The first kappa shape index (κ1) is 11.7. The molecule has 1 aromatic rings. The molecule has 1 aliphatic heterocycles. The number of anilines is 1. The molecular formula is C12H15ClFNO. The first-order chi connectivity index (χ1) is 7.75. The molecule has 88 valence electrons. The molecule has 0 spiro atoms. The van der Waals surface area contributed by atoms with Crippen LogP contribution in [0.3, 0.4) is 0 Å². The largest absolute Gasteiger partial charge is 0.381 e. The van der Waals surface area contributed by atoms with Gasteiger partial charge in [-0.05, 0) is 37.5 Å². The lowest BCUT2D eigenvalue weighted by atomic mass is 10.1. The van der Waals surface area contributed by atoms with Gasteiger partial charge in [0.25, 0.3) is 0 Å². The lowest BCUT2D eigenvalue weighted by Crippen LogP contribution is -2.27. The molecule has 1 heterocycles. The van der Waals surface area contributed by atoms with Gasteiger partial charge in [0.1, 0.15) is 5.82 Å². The van der Waals surface area contributed by atoms with E-state index in [4.69, 9.17) is 16.3 Å².